The van der Waals surface area contributed by atoms with Crippen LogP contribution in [0.1, 0.15) is 24.6 Å². The molecule has 0 aliphatic heterocycles. The van der Waals surface area contributed by atoms with E-state index in [0.717, 1.165) is 12.2 Å². The van der Waals surface area contributed by atoms with Gasteiger partial charge in [-0.15, -0.1) is 11.8 Å². The highest BCUT2D eigenvalue weighted by Crippen LogP contribution is 2.33. The molecule has 1 N–H and O–H groups in total. The Morgan fingerprint density at radius 2 is 2.31 bits per heavy atom. The van der Waals surface area contributed by atoms with Crippen LogP contribution in [0, 0.1) is 6.42 Å². The normalized spacial score (nSPS) is 15.3. The number of hydrogen-bond donors (Lipinski definition) is 1. The summed E-state index contributed by atoms with van der Waals surface area (Å²) in [7, 11) is 0. The van der Waals surface area contributed by atoms with Crippen molar-refractivity contribution in [1.29, 1.82) is 0 Å². The first-order valence-corrected chi connectivity index (χ1v) is 6.95. The lowest BCUT2D eigenvalue weighted by Gasteiger charge is -2.09. The molecule has 0 spiro atoms. The fourth-order valence-electron chi connectivity index (χ4n) is 2.52. The average molecular weight is 230 g/mol. The largest absolute Gasteiger partial charge is 0.357 e. The van der Waals surface area contributed by atoms with Crippen LogP contribution in [0.3, 0.4) is 0 Å². The van der Waals surface area contributed by atoms with Crippen molar-refractivity contribution in [3.63, 3.8) is 0 Å². The van der Waals surface area contributed by atoms with Crippen molar-refractivity contribution in [3.8, 4) is 0 Å². The summed E-state index contributed by atoms with van der Waals surface area (Å²) in [6.45, 7) is 2.21. The Balaban J connectivity index is 2.21. The van der Waals surface area contributed by atoms with Crippen LogP contribution in [0.5, 0.6) is 0 Å². The van der Waals surface area contributed by atoms with E-state index in [1.54, 1.807) is 0 Å². The Bertz CT molecular complexity index is 513. The van der Waals surface area contributed by atoms with Crippen LogP contribution >= 0.6 is 11.8 Å². The summed E-state index contributed by atoms with van der Waals surface area (Å²) in [5, 5.41) is 1.43. The molecule has 16 heavy (non-hydrogen) atoms. The molecule has 1 aromatic heterocycles. The van der Waals surface area contributed by atoms with Crippen molar-refractivity contribution in [3.05, 3.63) is 35.9 Å². The lowest BCUT2D eigenvalue weighted by atomic mass is 9.96. The lowest BCUT2D eigenvalue weighted by Crippen LogP contribution is -2.00. The molecular formula is C14H16NS. The molecule has 1 aliphatic carbocycles. The van der Waals surface area contributed by atoms with Crippen molar-refractivity contribution in [2.45, 2.75) is 31.1 Å². The summed E-state index contributed by atoms with van der Waals surface area (Å²) in [5.41, 5.74) is 4.34. The highest BCUT2D eigenvalue weighted by Gasteiger charge is 2.16. The van der Waals surface area contributed by atoms with Crippen molar-refractivity contribution >= 4 is 22.7 Å². The number of aromatic amines is 1. The Morgan fingerprint density at radius 3 is 3.19 bits per heavy atom. The summed E-state index contributed by atoms with van der Waals surface area (Å²) < 4.78 is 0. The van der Waals surface area contributed by atoms with E-state index in [4.69, 9.17) is 0 Å². The van der Waals surface area contributed by atoms with Crippen LogP contribution in [0.2, 0.25) is 0 Å². The molecule has 2 aromatic rings. The number of para-hydroxylation sites is 1. The first-order valence-electron chi connectivity index (χ1n) is 5.97. The smallest absolute Gasteiger partial charge is 0.0597 e. The Morgan fingerprint density at radius 1 is 1.38 bits per heavy atom. The van der Waals surface area contributed by atoms with Gasteiger partial charge in [-0.2, -0.15) is 0 Å². The molecule has 0 unspecified atom stereocenters. The molecule has 1 aromatic carbocycles. The van der Waals surface area contributed by atoms with Crippen molar-refractivity contribution in [2.24, 2.45) is 0 Å². The fraction of sp³-hybridized carbons (Fsp3) is 0.357. The molecule has 1 aliphatic rings. The summed E-state index contributed by atoms with van der Waals surface area (Å²) in [6, 6.07) is 6.66. The number of hydrogen-bond acceptors (Lipinski definition) is 1. The van der Waals surface area contributed by atoms with Crippen LogP contribution in [-0.4, -0.2) is 10.7 Å². The predicted molar refractivity (Wildman–Crippen MR) is 71.0 cm³/mol. The first kappa shape index (κ1) is 10.3. The zero-order valence-corrected chi connectivity index (χ0v) is 10.4. The van der Waals surface area contributed by atoms with E-state index < -0.39 is 0 Å². The van der Waals surface area contributed by atoms with Crippen LogP contribution in [0.4, 0.5) is 0 Å². The number of nitrogens with one attached hydrogen (secondary N) is 1. The van der Waals surface area contributed by atoms with Gasteiger partial charge in [0.2, 0.25) is 0 Å². The van der Waals surface area contributed by atoms with E-state index in [1.807, 2.05) is 11.8 Å². The second-order valence-electron chi connectivity index (χ2n) is 4.23. The van der Waals surface area contributed by atoms with Gasteiger partial charge in [0.15, 0.2) is 0 Å². The quantitative estimate of drug-likeness (QED) is 0.772. The maximum absolute atomic E-state index is 3.63. The molecule has 0 fully saturated rings. The van der Waals surface area contributed by atoms with Gasteiger partial charge in [-0.3, -0.25) is 0 Å². The van der Waals surface area contributed by atoms with E-state index in [1.165, 1.54) is 39.9 Å². The third kappa shape index (κ3) is 1.56. The third-order valence-corrected chi connectivity index (χ3v) is 4.18. The summed E-state index contributed by atoms with van der Waals surface area (Å²) in [5.74, 6) is 1.13. The minimum Gasteiger partial charge on any atom is -0.357 e. The van der Waals surface area contributed by atoms with Gasteiger partial charge in [0.25, 0.3) is 0 Å². The number of benzene rings is 1. The predicted octanol–water partition coefficient (Wildman–Crippen LogP) is 3.97. The number of aromatic nitrogens is 1. The zero-order chi connectivity index (χ0) is 11.0. The second-order valence-corrected chi connectivity index (χ2v) is 5.53. The summed E-state index contributed by atoms with van der Waals surface area (Å²) >= 11 is 1.93. The summed E-state index contributed by atoms with van der Waals surface area (Å²) in [4.78, 5) is 5.03. The highest BCUT2D eigenvalue weighted by molar-refractivity contribution is 7.99. The third-order valence-electron chi connectivity index (χ3n) is 3.24. The van der Waals surface area contributed by atoms with Gasteiger partial charge >= 0.3 is 0 Å². The second kappa shape index (κ2) is 4.17. The van der Waals surface area contributed by atoms with Gasteiger partial charge in [0.1, 0.15) is 0 Å². The van der Waals surface area contributed by atoms with Crippen LogP contribution in [0.25, 0.3) is 10.9 Å². The van der Waals surface area contributed by atoms with Gasteiger partial charge in [-0.05, 0) is 43.1 Å². The Labute approximate surface area is 101 Å². The molecule has 0 saturated carbocycles. The van der Waals surface area contributed by atoms with Gasteiger partial charge in [-0.25, -0.2) is 0 Å². The van der Waals surface area contributed by atoms with Crippen molar-refractivity contribution in [1.82, 2.24) is 4.98 Å². The molecule has 1 heterocycles. The molecule has 83 valence electrons. The average Bonchev–Trinajstić information content (AvgIpc) is 2.69. The van der Waals surface area contributed by atoms with Crippen LogP contribution in [-0.2, 0) is 12.8 Å². The number of thioether (sulfide) groups is 1. The molecule has 0 amide bonds. The molecule has 3 rings (SSSR count). The molecule has 0 bridgehead atoms. The monoisotopic (exact) mass is 230 g/mol. The van der Waals surface area contributed by atoms with E-state index in [-0.39, 0.29) is 0 Å². The molecule has 1 nitrogen and oxygen atoms in total. The van der Waals surface area contributed by atoms with Crippen LogP contribution in [0.15, 0.2) is 23.1 Å². The number of H-pyrrole nitrogens is 1. The zero-order valence-electron chi connectivity index (χ0n) is 9.55. The van der Waals surface area contributed by atoms with Crippen LogP contribution < -0.4 is 0 Å². The number of fused-ring (bicyclic) bond motifs is 3. The van der Waals surface area contributed by atoms with E-state index in [0.29, 0.717) is 0 Å². The topological polar surface area (TPSA) is 15.8 Å². The maximum atomic E-state index is 3.63. The fourth-order valence-corrected chi connectivity index (χ4v) is 3.31. The minimum absolute atomic E-state index is 1.13. The Kier molecular flexibility index (Phi) is 2.68. The number of rotatable bonds is 2. The molecule has 0 saturated heterocycles. The summed E-state index contributed by atoms with van der Waals surface area (Å²) in [6.07, 6.45) is 5.93. The number of aryl methyl sites for hydroxylation is 1. The van der Waals surface area contributed by atoms with Gasteiger partial charge in [0, 0.05) is 16.0 Å². The molecular weight excluding hydrogens is 214 g/mol. The lowest BCUT2D eigenvalue weighted by molar-refractivity contribution is 0.815. The van der Waals surface area contributed by atoms with E-state index in [2.05, 4.69) is 36.5 Å². The van der Waals surface area contributed by atoms with Crippen molar-refractivity contribution < 1.29 is 0 Å². The first-order chi connectivity index (χ1) is 7.90. The van der Waals surface area contributed by atoms with Crippen molar-refractivity contribution in [2.75, 3.05) is 5.75 Å². The van der Waals surface area contributed by atoms with E-state index >= 15 is 0 Å². The van der Waals surface area contributed by atoms with E-state index in [9.17, 15) is 0 Å². The molecule has 2 heteroatoms. The Hall–Kier alpha value is -0.890. The standard InChI is InChI=1S/C14H16NS/c1-2-16-13-9-5-7-11-10-6-3-4-8-12(10)15-14(11)13/h3,5,7,9,15H,2,4,6,8H2,1H3. The highest BCUT2D eigenvalue weighted by atomic mass is 32.2. The minimum atomic E-state index is 1.13. The molecule has 0 atom stereocenters. The maximum Gasteiger partial charge on any atom is 0.0597 e. The SMILES string of the molecule is CCSc1cccc2c3c([nH]c12)CC[CH]C3. The molecule has 1 radical (unpaired) electrons. The van der Waals surface area contributed by atoms with Gasteiger partial charge in [0.05, 0.1) is 5.52 Å². The van der Waals surface area contributed by atoms with Gasteiger partial charge < -0.3 is 4.98 Å². The van der Waals surface area contributed by atoms with Gasteiger partial charge in [-0.1, -0.05) is 19.1 Å².